The van der Waals surface area contributed by atoms with Crippen LogP contribution in [0.15, 0.2) is 0 Å². The summed E-state index contributed by atoms with van der Waals surface area (Å²) < 4.78 is 4.31. The van der Waals surface area contributed by atoms with Crippen LogP contribution in [-0.2, 0) is 9.53 Å². The number of carbonyl (C=O) groups excluding carboxylic acids is 1. The second-order valence-corrected chi connectivity index (χ2v) is 2.95. The molecule has 0 spiro atoms. The van der Waals surface area contributed by atoms with E-state index in [-0.39, 0.29) is 5.78 Å². The van der Waals surface area contributed by atoms with Gasteiger partial charge in [0.1, 0.15) is 0 Å². The fraction of sp³-hybridized carbons (Fsp3) is 0.778. The van der Waals surface area contributed by atoms with Gasteiger partial charge >= 0.3 is 6.16 Å². The molecule has 76 valence electrons. The molecule has 0 aromatic rings. The summed E-state index contributed by atoms with van der Waals surface area (Å²) in [7, 11) is 0. The average molecular weight is 188 g/mol. The number of hydrogen-bond acceptors (Lipinski definition) is 3. The zero-order chi connectivity index (χ0) is 10.3. The third-order valence-corrected chi connectivity index (χ3v) is 1.76. The molecule has 0 aromatic heterocycles. The van der Waals surface area contributed by atoms with Crippen molar-refractivity contribution in [1.29, 1.82) is 0 Å². The molecule has 0 aliphatic rings. The van der Waals surface area contributed by atoms with Gasteiger partial charge in [0.05, 0.1) is 0 Å². The van der Waals surface area contributed by atoms with Gasteiger partial charge in [-0.2, -0.15) is 0 Å². The molecule has 0 aromatic carbocycles. The highest BCUT2D eigenvalue weighted by molar-refractivity contribution is 5.84. The van der Waals surface area contributed by atoms with Gasteiger partial charge in [0.2, 0.25) is 0 Å². The standard InChI is InChI=1S/C9H16O4/c1-3-4-5-6-8(10)7(2)13-9(11)12/h7H,3-6H2,1-2H3,(H,11,12). The summed E-state index contributed by atoms with van der Waals surface area (Å²) in [6, 6.07) is 0. The van der Waals surface area contributed by atoms with Gasteiger partial charge in [-0.15, -0.1) is 0 Å². The molecule has 1 unspecified atom stereocenters. The Morgan fingerprint density at radius 1 is 1.38 bits per heavy atom. The van der Waals surface area contributed by atoms with Gasteiger partial charge < -0.3 is 9.84 Å². The number of rotatable bonds is 6. The van der Waals surface area contributed by atoms with E-state index in [9.17, 15) is 9.59 Å². The number of Topliss-reactive ketones (excluding diaryl/α,β-unsaturated/α-hetero) is 1. The van der Waals surface area contributed by atoms with Crippen molar-refractivity contribution in [3.63, 3.8) is 0 Å². The fourth-order valence-electron chi connectivity index (χ4n) is 0.969. The molecule has 0 saturated carbocycles. The highest BCUT2D eigenvalue weighted by Crippen LogP contribution is 2.04. The molecule has 1 atom stereocenters. The Bertz CT molecular complexity index is 176. The smallest absolute Gasteiger partial charge is 0.450 e. The van der Waals surface area contributed by atoms with E-state index in [1.807, 2.05) is 6.92 Å². The lowest BCUT2D eigenvalue weighted by Crippen LogP contribution is -2.23. The molecular weight excluding hydrogens is 172 g/mol. The maximum absolute atomic E-state index is 11.2. The first kappa shape index (κ1) is 11.9. The molecule has 4 heteroatoms. The Morgan fingerprint density at radius 2 is 2.00 bits per heavy atom. The number of hydrogen-bond donors (Lipinski definition) is 1. The van der Waals surface area contributed by atoms with Gasteiger partial charge in [0.15, 0.2) is 11.9 Å². The molecule has 13 heavy (non-hydrogen) atoms. The molecule has 0 radical (unpaired) electrons. The Kier molecular flexibility index (Phi) is 5.93. The van der Waals surface area contributed by atoms with E-state index < -0.39 is 12.3 Å². The van der Waals surface area contributed by atoms with E-state index in [1.165, 1.54) is 6.92 Å². The molecule has 0 rings (SSSR count). The molecule has 0 aliphatic carbocycles. The zero-order valence-corrected chi connectivity index (χ0v) is 8.08. The molecule has 0 fully saturated rings. The number of carbonyl (C=O) groups is 2. The van der Waals surface area contributed by atoms with Crippen molar-refractivity contribution in [2.24, 2.45) is 0 Å². The summed E-state index contributed by atoms with van der Waals surface area (Å²) in [5.41, 5.74) is 0. The second-order valence-electron chi connectivity index (χ2n) is 2.95. The van der Waals surface area contributed by atoms with Gasteiger partial charge in [0.25, 0.3) is 0 Å². The topological polar surface area (TPSA) is 63.6 Å². The number of ether oxygens (including phenoxy) is 1. The van der Waals surface area contributed by atoms with Crippen LogP contribution < -0.4 is 0 Å². The zero-order valence-electron chi connectivity index (χ0n) is 8.08. The van der Waals surface area contributed by atoms with E-state index in [1.54, 1.807) is 0 Å². The van der Waals surface area contributed by atoms with Crippen LogP contribution in [0, 0.1) is 0 Å². The van der Waals surface area contributed by atoms with Crippen LogP contribution in [0.5, 0.6) is 0 Å². The van der Waals surface area contributed by atoms with Crippen molar-refractivity contribution in [3.05, 3.63) is 0 Å². The highest BCUT2D eigenvalue weighted by atomic mass is 16.7. The highest BCUT2D eigenvalue weighted by Gasteiger charge is 2.15. The Hall–Kier alpha value is -1.06. The van der Waals surface area contributed by atoms with Crippen molar-refractivity contribution in [1.82, 2.24) is 0 Å². The predicted molar refractivity (Wildman–Crippen MR) is 47.7 cm³/mol. The summed E-state index contributed by atoms with van der Waals surface area (Å²) in [6.45, 7) is 3.50. The Balaban J connectivity index is 3.63. The van der Waals surface area contributed by atoms with Crippen LogP contribution in [0.4, 0.5) is 4.79 Å². The van der Waals surface area contributed by atoms with Crippen molar-refractivity contribution >= 4 is 11.9 Å². The lowest BCUT2D eigenvalue weighted by Gasteiger charge is -2.08. The molecule has 0 heterocycles. The summed E-state index contributed by atoms with van der Waals surface area (Å²) >= 11 is 0. The quantitative estimate of drug-likeness (QED) is 0.512. The molecular formula is C9H16O4. The average Bonchev–Trinajstić information content (AvgIpc) is 2.03. The summed E-state index contributed by atoms with van der Waals surface area (Å²) in [4.78, 5) is 21.2. The molecule has 4 nitrogen and oxygen atoms in total. The molecule has 1 N–H and O–H groups in total. The van der Waals surface area contributed by atoms with Gasteiger partial charge in [-0.05, 0) is 13.3 Å². The lowest BCUT2D eigenvalue weighted by molar-refractivity contribution is -0.127. The van der Waals surface area contributed by atoms with E-state index in [0.29, 0.717) is 6.42 Å². The third kappa shape index (κ3) is 6.13. The lowest BCUT2D eigenvalue weighted by atomic mass is 10.1. The maximum atomic E-state index is 11.2. The van der Waals surface area contributed by atoms with Crippen LogP contribution in [0.25, 0.3) is 0 Å². The molecule has 0 aliphatic heterocycles. The fourth-order valence-corrected chi connectivity index (χ4v) is 0.969. The minimum atomic E-state index is -1.39. The minimum absolute atomic E-state index is 0.143. The first-order valence-electron chi connectivity index (χ1n) is 4.50. The Labute approximate surface area is 77.9 Å². The van der Waals surface area contributed by atoms with Crippen molar-refractivity contribution in [2.75, 3.05) is 0 Å². The largest absolute Gasteiger partial charge is 0.506 e. The van der Waals surface area contributed by atoms with Gasteiger partial charge in [0, 0.05) is 6.42 Å². The minimum Gasteiger partial charge on any atom is -0.450 e. The summed E-state index contributed by atoms with van der Waals surface area (Å²) in [5, 5.41) is 8.23. The van der Waals surface area contributed by atoms with Gasteiger partial charge in [-0.1, -0.05) is 19.8 Å². The van der Waals surface area contributed by atoms with E-state index in [2.05, 4.69) is 4.74 Å². The van der Waals surface area contributed by atoms with Crippen molar-refractivity contribution < 1.29 is 19.4 Å². The van der Waals surface area contributed by atoms with Crippen LogP contribution in [0.2, 0.25) is 0 Å². The molecule has 0 saturated heterocycles. The maximum Gasteiger partial charge on any atom is 0.506 e. The van der Waals surface area contributed by atoms with Crippen molar-refractivity contribution in [3.8, 4) is 0 Å². The van der Waals surface area contributed by atoms with Gasteiger partial charge in [-0.25, -0.2) is 4.79 Å². The van der Waals surface area contributed by atoms with Crippen LogP contribution in [-0.4, -0.2) is 23.1 Å². The number of unbranched alkanes of at least 4 members (excludes halogenated alkanes) is 2. The predicted octanol–water partition coefficient (Wildman–Crippen LogP) is 2.22. The van der Waals surface area contributed by atoms with Gasteiger partial charge in [-0.3, -0.25) is 4.79 Å². The normalized spacial score (nSPS) is 12.2. The number of ketones is 1. The van der Waals surface area contributed by atoms with Crippen LogP contribution in [0.1, 0.15) is 39.5 Å². The SMILES string of the molecule is CCCCCC(=O)C(C)OC(=O)O. The van der Waals surface area contributed by atoms with E-state index in [0.717, 1.165) is 19.3 Å². The van der Waals surface area contributed by atoms with Crippen molar-refractivity contribution in [2.45, 2.75) is 45.6 Å². The van der Waals surface area contributed by atoms with Crippen LogP contribution in [0.3, 0.4) is 0 Å². The van der Waals surface area contributed by atoms with E-state index in [4.69, 9.17) is 5.11 Å². The summed E-state index contributed by atoms with van der Waals surface area (Å²) in [6.07, 6.45) is 1.03. The third-order valence-electron chi connectivity index (χ3n) is 1.76. The number of carboxylic acid groups (broad SMARTS) is 1. The van der Waals surface area contributed by atoms with Crippen LogP contribution >= 0.6 is 0 Å². The first-order chi connectivity index (χ1) is 6.07. The Morgan fingerprint density at radius 3 is 2.46 bits per heavy atom. The molecule has 0 amide bonds. The molecule has 0 bridgehead atoms. The monoisotopic (exact) mass is 188 g/mol. The summed E-state index contributed by atoms with van der Waals surface area (Å²) in [5.74, 6) is -0.143. The van der Waals surface area contributed by atoms with E-state index >= 15 is 0 Å². The second kappa shape index (κ2) is 6.46. The first-order valence-corrected chi connectivity index (χ1v) is 4.50.